The molecule has 3 heteroatoms. The van der Waals surface area contributed by atoms with Gasteiger partial charge in [0, 0.05) is 17.3 Å². The molecule has 1 saturated carbocycles. The summed E-state index contributed by atoms with van der Waals surface area (Å²) < 4.78 is 0. The topological polar surface area (TPSA) is 29.1 Å². The largest absolute Gasteiger partial charge is 0.352 e. The lowest BCUT2D eigenvalue weighted by molar-refractivity contribution is -0.126. The Kier molecular flexibility index (Phi) is 6.28. The molecule has 0 spiro atoms. The summed E-state index contributed by atoms with van der Waals surface area (Å²) in [5.74, 6) is 1.39. The highest BCUT2D eigenvalue weighted by Crippen LogP contribution is 2.32. The number of carbonyl (C=O) groups excluding carboxylic acids is 1. The van der Waals surface area contributed by atoms with Crippen molar-refractivity contribution in [3.05, 3.63) is 21.4 Å². The Bertz CT molecular complexity index is 458. The average molecular weight is 308 g/mol. The SMILES string of the molecule is CCCCC1CCC(C(=O)NCc2csc(C)c2C)CC1. The molecule has 1 aromatic rings. The van der Waals surface area contributed by atoms with E-state index in [0.29, 0.717) is 6.54 Å². The first-order chi connectivity index (χ1) is 10.1. The molecular weight excluding hydrogens is 278 g/mol. The van der Waals surface area contributed by atoms with Crippen molar-refractivity contribution in [1.29, 1.82) is 0 Å². The monoisotopic (exact) mass is 307 g/mol. The summed E-state index contributed by atoms with van der Waals surface area (Å²) in [7, 11) is 0. The minimum atomic E-state index is 0.253. The zero-order chi connectivity index (χ0) is 15.2. The Morgan fingerprint density at radius 3 is 2.57 bits per heavy atom. The Morgan fingerprint density at radius 2 is 2.00 bits per heavy atom. The Hall–Kier alpha value is -0.830. The van der Waals surface area contributed by atoms with Gasteiger partial charge in [-0.15, -0.1) is 11.3 Å². The highest BCUT2D eigenvalue weighted by atomic mass is 32.1. The molecule has 0 aliphatic heterocycles. The van der Waals surface area contributed by atoms with Crippen molar-refractivity contribution in [3.8, 4) is 0 Å². The number of thiophene rings is 1. The maximum absolute atomic E-state index is 12.3. The van der Waals surface area contributed by atoms with Gasteiger partial charge in [-0.1, -0.05) is 26.2 Å². The molecule has 0 saturated heterocycles. The Balaban J connectivity index is 1.73. The van der Waals surface area contributed by atoms with Crippen molar-refractivity contribution in [1.82, 2.24) is 5.32 Å². The molecule has 1 fully saturated rings. The summed E-state index contributed by atoms with van der Waals surface area (Å²) in [6, 6.07) is 0. The summed E-state index contributed by atoms with van der Waals surface area (Å²) in [5.41, 5.74) is 2.62. The highest BCUT2D eigenvalue weighted by Gasteiger charge is 2.25. The molecule has 21 heavy (non-hydrogen) atoms. The summed E-state index contributed by atoms with van der Waals surface area (Å²) in [4.78, 5) is 13.7. The molecule has 0 aromatic carbocycles. The van der Waals surface area contributed by atoms with Crippen molar-refractivity contribution in [3.63, 3.8) is 0 Å². The molecule has 0 unspecified atom stereocenters. The van der Waals surface area contributed by atoms with Gasteiger partial charge >= 0.3 is 0 Å². The molecular formula is C18H29NOS. The molecule has 0 radical (unpaired) electrons. The minimum absolute atomic E-state index is 0.253. The number of amides is 1. The first kappa shape index (κ1) is 16.5. The number of hydrogen-bond acceptors (Lipinski definition) is 2. The van der Waals surface area contributed by atoms with Crippen LogP contribution < -0.4 is 5.32 Å². The molecule has 1 amide bonds. The third-order valence-corrected chi connectivity index (χ3v) is 6.09. The molecule has 118 valence electrons. The molecule has 0 bridgehead atoms. The number of hydrogen-bond donors (Lipinski definition) is 1. The second kappa shape index (κ2) is 7.98. The van der Waals surface area contributed by atoms with Crippen LogP contribution >= 0.6 is 11.3 Å². The van der Waals surface area contributed by atoms with E-state index in [2.05, 4.69) is 31.5 Å². The number of rotatable bonds is 6. The first-order valence-electron chi connectivity index (χ1n) is 8.43. The van der Waals surface area contributed by atoms with E-state index in [0.717, 1.165) is 18.8 Å². The van der Waals surface area contributed by atoms with E-state index >= 15 is 0 Å². The van der Waals surface area contributed by atoms with Crippen molar-refractivity contribution in [2.75, 3.05) is 0 Å². The van der Waals surface area contributed by atoms with E-state index in [1.807, 2.05) is 0 Å². The van der Waals surface area contributed by atoms with Crippen LogP contribution in [0.15, 0.2) is 5.38 Å². The van der Waals surface area contributed by atoms with E-state index in [9.17, 15) is 4.79 Å². The molecule has 1 aliphatic rings. The van der Waals surface area contributed by atoms with Crippen LogP contribution in [-0.4, -0.2) is 5.91 Å². The van der Waals surface area contributed by atoms with E-state index < -0.39 is 0 Å². The van der Waals surface area contributed by atoms with Gasteiger partial charge in [0.2, 0.25) is 5.91 Å². The van der Waals surface area contributed by atoms with Gasteiger partial charge in [0.15, 0.2) is 0 Å². The quantitative estimate of drug-likeness (QED) is 0.789. The van der Waals surface area contributed by atoms with Gasteiger partial charge in [-0.25, -0.2) is 0 Å². The number of aryl methyl sites for hydroxylation is 1. The zero-order valence-electron chi connectivity index (χ0n) is 13.7. The lowest BCUT2D eigenvalue weighted by Gasteiger charge is -2.27. The maximum Gasteiger partial charge on any atom is 0.223 e. The van der Waals surface area contributed by atoms with Crippen molar-refractivity contribution < 1.29 is 4.79 Å². The number of unbranched alkanes of at least 4 members (excludes halogenated alkanes) is 1. The van der Waals surface area contributed by atoms with Crippen LogP contribution in [0.25, 0.3) is 0 Å². The highest BCUT2D eigenvalue weighted by molar-refractivity contribution is 7.10. The standard InChI is InChI=1S/C18H29NOS/c1-4-5-6-15-7-9-16(10-8-15)18(20)19-11-17-12-21-14(3)13(17)2/h12,15-16H,4-11H2,1-3H3,(H,19,20). The third kappa shape index (κ3) is 4.57. The molecule has 1 aliphatic carbocycles. The number of carbonyl (C=O) groups is 1. The van der Waals surface area contributed by atoms with Gasteiger partial charge < -0.3 is 5.32 Å². The summed E-state index contributed by atoms with van der Waals surface area (Å²) in [6.45, 7) is 7.24. The molecule has 0 atom stereocenters. The fraction of sp³-hybridized carbons (Fsp3) is 0.722. The smallest absolute Gasteiger partial charge is 0.223 e. The van der Waals surface area contributed by atoms with Crippen LogP contribution in [0, 0.1) is 25.7 Å². The van der Waals surface area contributed by atoms with Crippen LogP contribution in [0.3, 0.4) is 0 Å². The van der Waals surface area contributed by atoms with Gasteiger partial charge in [-0.05, 0) is 62.0 Å². The molecule has 2 nitrogen and oxygen atoms in total. The van der Waals surface area contributed by atoms with E-state index in [1.54, 1.807) is 11.3 Å². The van der Waals surface area contributed by atoms with Crippen LogP contribution in [0.1, 0.15) is 67.9 Å². The van der Waals surface area contributed by atoms with Gasteiger partial charge in [0.05, 0.1) is 0 Å². The van der Waals surface area contributed by atoms with Crippen LogP contribution in [0.4, 0.5) is 0 Å². The van der Waals surface area contributed by atoms with E-state index in [1.165, 1.54) is 48.1 Å². The lowest BCUT2D eigenvalue weighted by atomic mass is 9.79. The minimum Gasteiger partial charge on any atom is -0.352 e. The van der Waals surface area contributed by atoms with Crippen LogP contribution in [0.2, 0.25) is 0 Å². The zero-order valence-corrected chi connectivity index (χ0v) is 14.5. The van der Waals surface area contributed by atoms with E-state index in [-0.39, 0.29) is 11.8 Å². The van der Waals surface area contributed by atoms with Gasteiger partial charge in [0.25, 0.3) is 0 Å². The van der Waals surface area contributed by atoms with Crippen LogP contribution in [-0.2, 0) is 11.3 Å². The van der Waals surface area contributed by atoms with Crippen molar-refractivity contribution in [2.24, 2.45) is 11.8 Å². The van der Waals surface area contributed by atoms with Gasteiger partial charge in [0.1, 0.15) is 0 Å². The Labute approximate surface area is 133 Å². The number of nitrogens with one attached hydrogen (secondary N) is 1. The second-order valence-electron chi connectivity index (χ2n) is 6.52. The van der Waals surface area contributed by atoms with Crippen molar-refractivity contribution >= 4 is 17.2 Å². The normalized spacial score (nSPS) is 22.2. The lowest BCUT2D eigenvalue weighted by Crippen LogP contribution is -2.32. The summed E-state index contributed by atoms with van der Waals surface area (Å²) >= 11 is 1.77. The predicted octanol–water partition coefficient (Wildman–Crippen LogP) is 4.98. The van der Waals surface area contributed by atoms with Crippen LogP contribution in [0.5, 0.6) is 0 Å². The molecule has 2 rings (SSSR count). The van der Waals surface area contributed by atoms with Gasteiger partial charge in [-0.3, -0.25) is 4.79 Å². The molecule has 1 heterocycles. The third-order valence-electron chi connectivity index (χ3n) is 5.02. The average Bonchev–Trinajstić information content (AvgIpc) is 2.83. The van der Waals surface area contributed by atoms with E-state index in [4.69, 9.17) is 0 Å². The molecule has 1 aromatic heterocycles. The fourth-order valence-electron chi connectivity index (χ4n) is 3.27. The predicted molar refractivity (Wildman–Crippen MR) is 90.6 cm³/mol. The van der Waals surface area contributed by atoms with Gasteiger partial charge in [-0.2, -0.15) is 0 Å². The Morgan fingerprint density at radius 1 is 1.29 bits per heavy atom. The second-order valence-corrected chi connectivity index (χ2v) is 7.60. The molecule has 1 N–H and O–H groups in total. The summed E-state index contributed by atoms with van der Waals surface area (Å²) in [5, 5.41) is 5.32. The van der Waals surface area contributed by atoms with Crippen molar-refractivity contribution in [2.45, 2.75) is 72.3 Å². The maximum atomic E-state index is 12.3. The first-order valence-corrected chi connectivity index (χ1v) is 9.31. The fourth-order valence-corrected chi connectivity index (χ4v) is 4.16. The summed E-state index contributed by atoms with van der Waals surface area (Å²) in [6.07, 6.45) is 8.66.